The second kappa shape index (κ2) is 9.00. The Morgan fingerprint density at radius 1 is 0.895 bits per heavy atom. The Balaban J connectivity index is 0.000000982. The van der Waals surface area contributed by atoms with Crippen LogP contribution in [0.5, 0.6) is 0 Å². The molecule has 0 aromatic heterocycles. The first kappa shape index (κ1) is 19.0. The Morgan fingerprint density at radius 2 is 1.37 bits per heavy atom. The van der Waals surface area contributed by atoms with Crippen LogP contribution in [-0.2, 0) is 0 Å². The molecule has 1 aliphatic rings. The molecular formula is C18H39N. The summed E-state index contributed by atoms with van der Waals surface area (Å²) in [6.07, 6.45) is 2.94. The predicted octanol–water partition coefficient (Wildman–Crippen LogP) is 5.20. The molecule has 1 heteroatoms. The minimum Gasteiger partial charge on any atom is -0.331 e. The molecule has 0 amide bonds. The third kappa shape index (κ3) is 5.85. The SMILES string of the molecule is CC(C)C1CC(C)C(C(C)C)C(C(C)C)C1.CCN. The maximum atomic E-state index is 4.85. The second-order valence-corrected chi connectivity index (χ2v) is 7.59. The van der Waals surface area contributed by atoms with Gasteiger partial charge >= 0.3 is 0 Å². The minimum absolute atomic E-state index is 0.750. The van der Waals surface area contributed by atoms with Crippen molar-refractivity contribution in [3.8, 4) is 0 Å². The first-order chi connectivity index (χ1) is 8.76. The number of nitrogens with two attached hydrogens (primary N) is 1. The number of hydrogen-bond acceptors (Lipinski definition) is 1. The van der Waals surface area contributed by atoms with E-state index in [4.69, 9.17) is 5.73 Å². The molecule has 0 aliphatic heterocycles. The first-order valence-corrected chi connectivity index (χ1v) is 8.46. The highest BCUT2D eigenvalue weighted by molar-refractivity contribution is 4.88. The lowest BCUT2D eigenvalue weighted by atomic mass is 9.60. The van der Waals surface area contributed by atoms with Gasteiger partial charge in [-0.2, -0.15) is 0 Å². The van der Waals surface area contributed by atoms with E-state index in [2.05, 4.69) is 48.5 Å². The topological polar surface area (TPSA) is 26.0 Å². The highest BCUT2D eigenvalue weighted by Gasteiger charge is 2.38. The maximum absolute atomic E-state index is 4.85. The summed E-state index contributed by atoms with van der Waals surface area (Å²) >= 11 is 0. The van der Waals surface area contributed by atoms with Crippen molar-refractivity contribution in [2.24, 2.45) is 47.2 Å². The fourth-order valence-electron chi connectivity index (χ4n) is 4.07. The van der Waals surface area contributed by atoms with Gasteiger partial charge in [0.2, 0.25) is 0 Å². The second-order valence-electron chi connectivity index (χ2n) is 7.59. The third-order valence-electron chi connectivity index (χ3n) is 4.97. The van der Waals surface area contributed by atoms with Gasteiger partial charge in [0.25, 0.3) is 0 Å². The Morgan fingerprint density at radius 3 is 1.68 bits per heavy atom. The summed E-state index contributed by atoms with van der Waals surface area (Å²) in [5.41, 5.74) is 4.85. The highest BCUT2D eigenvalue weighted by Crippen LogP contribution is 2.46. The smallest absolute Gasteiger partial charge is 0.0106 e. The molecule has 0 spiro atoms. The van der Waals surface area contributed by atoms with E-state index in [9.17, 15) is 0 Å². The first-order valence-electron chi connectivity index (χ1n) is 8.46. The van der Waals surface area contributed by atoms with Crippen LogP contribution in [0.2, 0.25) is 0 Å². The summed E-state index contributed by atoms with van der Waals surface area (Å²) in [5.74, 6) is 6.39. The van der Waals surface area contributed by atoms with Crippen LogP contribution in [0.4, 0.5) is 0 Å². The fourth-order valence-corrected chi connectivity index (χ4v) is 4.07. The van der Waals surface area contributed by atoms with E-state index in [0.717, 1.165) is 48.0 Å². The van der Waals surface area contributed by atoms with E-state index >= 15 is 0 Å². The van der Waals surface area contributed by atoms with Crippen LogP contribution in [0.15, 0.2) is 0 Å². The molecule has 116 valence electrons. The Kier molecular flexibility index (Phi) is 8.98. The van der Waals surface area contributed by atoms with Crippen molar-refractivity contribution >= 4 is 0 Å². The van der Waals surface area contributed by atoms with E-state index < -0.39 is 0 Å². The lowest BCUT2D eigenvalue weighted by Crippen LogP contribution is -2.38. The molecule has 1 saturated carbocycles. The van der Waals surface area contributed by atoms with Gasteiger partial charge in [-0.15, -0.1) is 0 Å². The highest BCUT2D eigenvalue weighted by atomic mass is 14.5. The summed E-state index contributed by atoms with van der Waals surface area (Å²) in [4.78, 5) is 0. The molecule has 19 heavy (non-hydrogen) atoms. The summed E-state index contributed by atoms with van der Waals surface area (Å²) in [7, 11) is 0. The molecular weight excluding hydrogens is 230 g/mol. The lowest BCUT2D eigenvalue weighted by Gasteiger charge is -2.46. The molecule has 1 aliphatic carbocycles. The zero-order valence-electron chi connectivity index (χ0n) is 14.7. The van der Waals surface area contributed by atoms with Crippen molar-refractivity contribution in [3.63, 3.8) is 0 Å². The van der Waals surface area contributed by atoms with Crippen LogP contribution >= 0.6 is 0 Å². The van der Waals surface area contributed by atoms with Crippen LogP contribution in [-0.4, -0.2) is 6.54 Å². The van der Waals surface area contributed by atoms with Gasteiger partial charge in [0.1, 0.15) is 0 Å². The van der Waals surface area contributed by atoms with Gasteiger partial charge in [-0.25, -0.2) is 0 Å². The zero-order chi connectivity index (χ0) is 15.2. The maximum Gasteiger partial charge on any atom is -0.0106 e. The van der Waals surface area contributed by atoms with Crippen LogP contribution in [0.1, 0.15) is 68.2 Å². The van der Waals surface area contributed by atoms with E-state index in [-0.39, 0.29) is 0 Å². The van der Waals surface area contributed by atoms with Gasteiger partial charge in [0.05, 0.1) is 0 Å². The van der Waals surface area contributed by atoms with Gasteiger partial charge in [-0.1, -0.05) is 55.4 Å². The Hall–Kier alpha value is -0.0400. The zero-order valence-corrected chi connectivity index (χ0v) is 14.7. The van der Waals surface area contributed by atoms with Crippen molar-refractivity contribution in [1.29, 1.82) is 0 Å². The molecule has 0 radical (unpaired) electrons. The van der Waals surface area contributed by atoms with Crippen molar-refractivity contribution in [3.05, 3.63) is 0 Å². The third-order valence-corrected chi connectivity index (χ3v) is 4.97. The van der Waals surface area contributed by atoms with Gasteiger partial charge in [0, 0.05) is 0 Å². The van der Waals surface area contributed by atoms with Crippen molar-refractivity contribution in [1.82, 2.24) is 0 Å². The number of rotatable bonds is 3. The van der Waals surface area contributed by atoms with Crippen LogP contribution in [0, 0.1) is 41.4 Å². The van der Waals surface area contributed by atoms with E-state index in [0.29, 0.717) is 0 Å². The minimum atomic E-state index is 0.750. The molecule has 1 rings (SSSR count). The normalized spacial score (nSPS) is 31.6. The average molecular weight is 270 g/mol. The summed E-state index contributed by atoms with van der Waals surface area (Å²) < 4.78 is 0. The molecule has 4 atom stereocenters. The lowest BCUT2D eigenvalue weighted by molar-refractivity contribution is 0.0343. The molecule has 0 heterocycles. The molecule has 0 saturated heterocycles. The van der Waals surface area contributed by atoms with Crippen molar-refractivity contribution in [2.75, 3.05) is 6.54 Å². The predicted molar refractivity (Wildman–Crippen MR) is 88.1 cm³/mol. The van der Waals surface area contributed by atoms with E-state index in [1.807, 2.05) is 6.92 Å². The van der Waals surface area contributed by atoms with Gasteiger partial charge < -0.3 is 5.73 Å². The van der Waals surface area contributed by atoms with Crippen LogP contribution in [0.3, 0.4) is 0 Å². The van der Waals surface area contributed by atoms with Gasteiger partial charge in [-0.3, -0.25) is 0 Å². The molecule has 0 aromatic rings. The monoisotopic (exact) mass is 269 g/mol. The van der Waals surface area contributed by atoms with Crippen molar-refractivity contribution < 1.29 is 0 Å². The molecule has 2 N–H and O–H groups in total. The Bertz CT molecular complexity index is 220. The van der Waals surface area contributed by atoms with Crippen LogP contribution in [0.25, 0.3) is 0 Å². The Labute approximate surface area is 122 Å². The van der Waals surface area contributed by atoms with Gasteiger partial charge in [-0.05, 0) is 60.8 Å². The van der Waals surface area contributed by atoms with E-state index in [1.54, 1.807) is 0 Å². The van der Waals surface area contributed by atoms with Crippen molar-refractivity contribution in [2.45, 2.75) is 68.2 Å². The molecule has 1 nitrogen and oxygen atoms in total. The quantitative estimate of drug-likeness (QED) is 0.749. The summed E-state index contributed by atoms with van der Waals surface area (Å²) in [5, 5.41) is 0. The molecule has 4 unspecified atom stereocenters. The summed E-state index contributed by atoms with van der Waals surface area (Å²) in [6.45, 7) is 19.7. The number of hydrogen-bond donors (Lipinski definition) is 1. The van der Waals surface area contributed by atoms with Gasteiger partial charge in [0.15, 0.2) is 0 Å². The van der Waals surface area contributed by atoms with E-state index in [1.165, 1.54) is 12.8 Å². The molecule has 0 bridgehead atoms. The van der Waals surface area contributed by atoms with Crippen LogP contribution < -0.4 is 5.73 Å². The fraction of sp³-hybridized carbons (Fsp3) is 1.00. The molecule has 0 aromatic carbocycles. The largest absolute Gasteiger partial charge is 0.331 e. The molecule has 1 fully saturated rings. The summed E-state index contributed by atoms with van der Waals surface area (Å²) in [6, 6.07) is 0. The average Bonchev–Trinajstić information content (AvgIpc) is 2.27. The standard InChI is InChI=1S/C16H32.C2H7N/c1-10(2)14-8-13(7)16(12(5)6)15(9-14)11(3)4;1-2-3/h10-16H,8-9H2,1-7H3;2-3H2,1H3.